The number of aliphatic imine (C=N–C) groups is 3. The fourth-order valence-corrected chi connectivity index (χ4v) is 10.4. The Morgan fingerprint density at radius 1 is 0.308 bits per heavy atom. The van der Waals surface area contributed by atoms with Gasteiger partial charge < -0.3 is 0 Å². The summed E-state index contributed by atoms with van der Waals surface area (Å²) < 4.78 is 0. The summed E-state index contributed by atoms with van der Waals surface area (Å²) in [6.07, 6.45) is 34.6. The van der Waals surface area contributed by atoms with Crippen molar-refractivity contribution in [2.75, 3.05) is 0 Å². The highest BCUT2D eigenvalue weighted by Gasteiger charge is 2.15. The van der Waals surface area contributed by atoms with E-state index in [4.69, 9.17) is 0 Å². The van der Waals surface area contributed by atoms with Crippen LogP contribution in [0.4, 0.5) is 5.69 Å². The molecule has 6 heterocycles. The van der Waals surface area contributed by atoms with Crippen LogP contribution < -0.4 is 0 Å². The molecule has 6 nitrogen and oxygen atoms in total. The molecule has 3 aliphatic heterocycles. The molecule has 7 aromatic rings. The van der Waals surface area contributed by atoms with Crippen molar-refractivity contribution < 1.29 is 0 Å². The first-order valence-corrected chi connectivity index (χ1v) is 34.4. The zero-order valence-electron chi connectivity index (χ0n) is 62.3. The third kappa shape index (κ3) is 22.6. The molecule has 91 heavy (non-hydrogen) atoms. The van der Waals surface area contributed by atoms with Gasteiger partial charge in [-0.05, 0) is 256 Å². The highest BCUT2D eigenvalue weighted by atomic mass is 14.8. The molecule has 0 saturated carbocycles. The minimum absolute atomic E-state index is 0.871. The summed E-state index contributed by atoms with van der Waals surface area (Å²) in [5, 5.41) is 0. The first kappa shape index (κ1) is 81.3. The van der Waals surface area contributed by atoms with E-state index in [0.29, 0.717) is 0 Å². The molecular formula is C85H120N6. The van der Waals surface area contributed by atoms with Crippen molar-refractivity contribution in [2.24, 2.45) is 15.0 Å². The van der Waals surface area contributed by atoms with Crippen LogP contribution in [-0.2, 0) is 45.2 Å². The van der Waals surface area contributed by atoms with Gasteiger partial charge in [-0.2, -0.15) is 0 Å². The van der Waals surface area contributed by atoms with E-state index < -0.39 is 0 Å². The molecule has 4 aliphatic carbocycles. The Morgan fingerprint density at radius 3 is 1.41 bits per heavy atom. The van der Waals surface area contributed by atoms with E-state index in [-0.39, 0.29) is 0 Å². The second-order valence-electron chi connectivity index (χ2n) is 21.4. The van der Waals surface area contributed by atoms with Gasteiger partial charge in [0.2, 0.25) is 0 Å². The lowest BCUT2D eigenvalue weighted by molar-refractivity contribution is 1.08. The summed E-state index contributed by atoms with van der Waals surface area (Å²) in [6.45, 7) is 59.8. The molecule has 0 fully saturated rings. The molecular weight excluding hydrogens is 1100 g/mol. The van der Waals surface area contributed by atoms with E-state index in [1.807, 2.05) is 134 Å². The molecule has 490 valence electrons. The predicted molar refractivity (Wildman–Crippen MR) is 410 cm³/mol. The van der Waals surface area contributed by atoms with Crippen molar-refractivity contribution in [2.45, 2.75) is 239 Å². The van der Waals surface area contributed by atoms with Gasteiger partial charge in [0.05, 0.1) is 30.2 Å². The van der Waals surface area contributed by atoms with Gasteiger partial charge in [0.15, 0.2) is 0 Å². The van der Waals surface area contributed by atoms with Gasteiger partial charge in [-0.15, -0.1) is 0 Å². The van der Waals surface area contributed by atoms with Crippen molar-refractivity contribution in [1.29, 1.82) is 0 Å². The van der Waals surface area contributed by atoms with E-state index in [0.717, 1.165) is 62.3 Å². The molecule has 0 atom stereocenters. The zero-order valence-corrected chi connectivity index (χ0v) is 62.3. The molecule has 0 N–H and O–H groups in total. The van der Waals surface area contributed by atoms with Crippen molar-refractivity contribution in [3.8, 4) is 0 Å². The van der Waals surface area contributed by atoms with E-state index in [1.54, 1.807) is 0 Å². The predicted octanol–water partition coefficient (Wildman–Crippen LogP) is 23.9. The summed E-state index contributed by atoms with van der Waals surface area (Å²) in [6, 6.07) is 17.3. The number of rotatable bonds is 0. The Morgan fingerprint density at radius 2 is 0.769 bits per heavy atom. The molecule has 0 spiro atoms. The number of aryl methyl sites for hydroxylation is 7. The Hall–Kier alpha value is -7.70. The lowest BCUT2D eigenvalue weighted by atomic mass is 10.00. The number of nitrogens with zero attached hydrogens (tertiary/aromatic N) is 6. The molecule has 6 heteroatoms. The lowest BCUT2D eigenvalue weighted by Gasteiger charge is -2.05. The number of pyridine rings is 3. The van der Waals surface area contributed by atoms with Crippen LogP contribution in [0.15, 0.2) is 106 Å². The van der Waals surface area contributed by atoms with Gasteiger partial charge >= 0.3 is 0 Å². The second-order valence-corrected chi connectivity index (χ2v) is 21.4. The first-order valence-electron chi connectivity index (χ1n) is 34.4. The lowest BCUT2D eigenvalue weighted by Crippen LogP contribution is -1.93. The van der Waals surface area contributed by atoms with E-state index >= 15 is 0 Å². The van der Waals surface area contributed by atoms with Gasteiger partial charge in [-0.1, -0.05) is 182 Å². The van der Waals surface area contributed by atoms with Crippen molar-refractivity contribution in [3.63, 3.8) is 0 Å². The van der Waals surface area contributed by atoms with Gasteiger partial charge in [0.25, 0.3) is 0 Å². The maximum absolute atomic E-state index is 4.36. The fraction of sp³-hybridized carbons (Fsp3) is 0.412. The van der Waals surface area contributed by atoms with Crippen molar-refractivity contribution in [1.82, 2.24) is 15.0 Å². The van der Waals surface area contributed by atoms with Crippen LogP contribution in [0.1, 0.15) is 248 Å². The maximum Gasteiger partial charge on any atom is 0.0664 e. The van der Waals surface area contributed by atoms with Crippen LogP contribution in [0.2, 0.25) is 0 Å². The van der Waals surface area contributed by atoms with Crippen molar-refractivity contribution >= 4 is 48.6 Å². The Kier molecular flexibility index (Phi) is 39.2. The average molecular weight is 1230 g/mol. The normalized spacial score (nSPS) is 12.0. The number of hydrogen-bond donors (Lipinski definition) is 0. The summed E-state index contributed by atoms with van der Waals surface area (Å²) in [5.41, 5.74) is 37.8. The van der Waals surface area contributed by atoms with Gasteiger partial charge in [-0.3, -0.25) is 29.9 Å². The van der Waals surface area contributed by atoms with Crippen LogP contribution in [-0.4, -0.2) is 33.6 Å². The molecule has 7 aliphatic rings. The zero-order chi connectivity index (χ0) is 68.9. The Bertz CT molecular complexity index is 3160. The van der Waals surface area contributed by atoms with Crippen LogP contribution in [0.25, 0.3) is 24.3 Å². The number of fused-ring (bicyclic) bond motifs is 7. The number of hydrogen-bond acceptors (Lipinski definition) is 6. The summed E-state index contributed by atoms with van der Waals surface area (Å²) in [7, 11) is 0. The largest absolute Gasteiger partial charge is 0.288 e. The molecule has 0 amide bonds. The van der Waals surface area contributed by atoms with Gasteiger partial charge in [-0.25, -0.2) is 0 Å². The second kappa shape index (κ2) is 43.9. The SMILES string of the molecule is CC.CC.CC.CC.CC.CC.CC.Cc1ccc2c(c1C)C=CC2.Cc1ccc2c(c1C)C=NC2.Cc1ccc2c(c1C)CC=N2.Cc1ccc2c(c1C)CN=C2.Cc1cnc2c(c1C)C=CC2.Cc1cnc2c(c1C)CC=C2.Cc1ncc2c(c1C)C=CC2. The van der Waals surface area contributed by atoms with E-state index in [9.17, 15) is 0 Å². The van der Waals surface area contributed by atoms with E-state index in [1.165, 1.54) is 139 Å². The highest BCUT2D eigenvalue weighted by Crippen LogP contribution is 2.30. The van der Waals surface area contributed by atoms with Crippen molar-refractivity contribution in [3.05, 3.63) is 242 Å². The van der Waals surface area contributed by atoms with Gasteiger partial charge in [0.1, 0.15) is 0 Å². The molecule has 4 aromatic carbocycles. The molecule has 3 aromatic heterocycles. The maximum atomic E-state index is 4.36. The minimum atomic E-state index is 0.871. The number of allylic oxidation sites excluding steroid dienone is 4. The summed E-state index contributed by atoms with van der Waals surface area (Å²) in [5.74, 6) is 0. The van der Waals surface area contributed by atoms with Crippen LogP contribution in [0.5, 0.6) is 0 Å². The summed E-state index contributed by atoms with van der Waals surface area (Å²) in [4.78, 5) is 25.7. The smallest absolute Gasteiger partial charge is 0.0664 e. The molecule has 0 bridgehead atoms. The average Bonchev–Trinajstić information content (AvgIpc) is 2.91. The Labute approximate surface area is 556 Å². The first-order chi connectivity index (χ1) is 44.0. The highest BCUT2D eigenvalue weighted by molar-refractivity contribution is 5.87. The monoisotopic (exact) mass is 1220 g/mol. The van der Waals surface area contributed by atoms with E-state index in [2.05, 4.69) is 224 Å². The standard InChI is InChI=1S/C11H12.6C10H11N.7C2H6/c1-8-6-7-10-4-3-5-11(10)9(8)2;2*1-7-3-4-9-5-11-6-10(9)8(7)2;1-7-3-4-10-9(8(7)2)5-6-11-10;1-7-8(2)11-6-9-4-3-5-10(7)9;2*1-7-6-11-10-5-3-4-9(10)8(7)2;7*1-2/h3,5-7H,4H2,1-2H3;3-4,6H,5H2,1-2H3;3-5H,6H2,1-2H3;3-4,6H,5H2,1-2H3;2*3,5-6H,4H2,1-2H3;3-4,6H,5H2,1-2H3;7*1-2H3. The topological polar surface area (TPSA) is 75.8 Å². The fourth-order valence-electron chi connectivity index (χ4n) is 10.4. The van der Waals surface area contributed by atoms with Gasteiger partial charge in [0, 0.05) is 61.3 Å². The molecule has 0 radical (unpaired) electrons. The molecule has 0 unspecified atom stereocenters. The number of benzene rings is 4. The third-order valence-electron chi connectivity index (χ3n) is 16.6. The van der Waals surface area contributed by atoms with Crippen LogP contribution in [0.3, 0.4) is 0 Å². The number of aromatic nitrogens is 3. The van der Waals surface area contributed by atoms with Crippen LogP contribution in [0, 0.1) is 96.9 Å². The van der Waals surface area contributed by atoms with Crippen LogP contribution >= 0.6 is 0 Å². The third-order valence-corrected chi connectivity index (χ3v) is 16.6. The minimum Gasteiger partial charge on any atom is -0.288 e. The molecule has 0 saturated heterocycles. The Balaban J connectivity index is 0.000000514. The summed E-state index contributed by atoms with van der Waals surface area (Å²) >= 11 is 0. The quantitative estimate of drug-likeness (QED) is 0.152. The molecule has 14 rings (SSSR count).